The molecule has 1 aliphatic heterocycles. The van der Waals surface area contributed by atoms with Crippen molar-refractivity contribution in [1.82, 2.24) is 14.6 Å². The summed E-state index contributed by atoms with van der Waals surface area (Å²) in [7, 11) is 0. The standard InChI is InChI=1S/C11H14N4O/c1-3-14-15-5-4-12-11(10(1)15)13-7-9-2-6-16-8-9/h1,3-5,9H,2,6-8H2,(H,12,13). The van der Waals surface area contributed by atoms with E-state index in [-0.39, 0.29) is 0 Å². The Kier molecular flexibility index (Phi) is 2.46. The van der Waals surface area contributed by atoms with Gasteiger partial charge >= 0.3 is 0 Å². The second-order valence-electron chi connectivity index (χ2n) is 4.05. The maximum Gasteiger partial charge on any atom is 0.152 e. The number of anilines is 1. The third kappa shape index (κ3) is 1.74. The van der Waals surface area contributed by atoms with E-state index in [0.29, 0.717) is 5.92 Å². The van der Waals surface area contributed by atoms with Crippen molar-refractivity contribution in [2.45, 2.75) is 6.42 Å². The highest BCUT2D eigenvalue weighted by atomic mass is 16.5. The zero-order valence-electron chi connectivity index (χ0n) is 8.97. The first-order chi connectivity index (χ1) is 7.93. The second kappa shape index (κ2) is 4.09. The molecule has 0 spiro atoms. The van der Waals surface area contributed by atoms with Crippen LogP contribution in [0.2, 0.25) is 0 Å². The monoisotopic (exact) mass is 218 g/mol. The van der Waals surface area contributed by atoms with Gasteiger partial charge in [-0.3, -0.25) is 0 Å². The Morgan fingerprint density at radius 3 is 3.38 bits per heavy atom. The van der Waals surface area contributed by atoms with Crippen molar-refractivity contribution in [1.29, 1.82) is 0 Å². The first-order valence-electron chi connectivity index (χ1n) is 5.53. The van der Waals surface area contributed by atoms with Crippen molar-refractivity contribution >= 4 is 11.3 Å². The van der Waals surface area contributed by atoms with Gasteiger partial charge in [-0.2, -0.15) is 5.10 Å². The van der Waals surface area contributed by atoms with Crippen molar-refractivity contribution < 1.29 is 4.74 Å². The summed E-state index contributed by atoms with van der Waals surface area (Å²) in [6.07, 6.45) is 6.52. The van der Waals surface area contributed by atoms with Gasteiger partial charge in [0.1, 0.15) is 5.52 Å². The zero-order chi connectivity index (χ0) is 10.8. The molecule has 1 unspecified atom stereocenters. The normalized spacial score (nSPS) is 20.4. The second-order valence-corrected chi connectivity index (χ2v) is 4.05. The molecule has 1 atom stereocenters. The molecule has 0 amide bonds. The van der Waals surface area contributed by atoms with Gasteiger partial charge in [-0.25, -0.2) is 9.50 Å². The Balaban J connectivity index is 1.75. The molecule has 0 bridgehead atoms. The molecule has 0 aliphatic carbocycles. The molecule has 1 fully saturated rings. The van der Waals surface area contributed by atoms with Crippen LogP contribution in [0.25, 0.3) is 5.52 Å². The molecule has 0 radical (unpaired) electrons. The Morgan fingerprint density at radius 2 is 2.50 bits per heavy atom. The number of fused-ring (bicyclic) bond motifs is 1. The molecule has 3 rings (SSSR count). The van der Waals surface area contributed by atoms with Crippen LogP contribution in [0, 0.1) is 5.92 Å². The van der Waals surface area contributed by atoms with Crippen LogP contribution in [0.1, 0.15) is 6.42 Å². The fourth-order valence-electron chi connectivity index (χ4n) is 1.98. The van der Waals surface area contributed by atoms with Crippen molar-refractivity contribution in [3.8, 4) is 0 Å². The molecule has 2 aromatic rings. The molecule has 1 aliphatic rings. The van der Waals surface area contributed by atoms with Crippen LogP contribution in [0.4, 0.5) is 5.82 Å². The highest BCUT2D eigenvalue weighted by molar-refractivity contribution is 5.66. The minimum Gasteiger partial charge on any atom is -0.381 e. The Hall–Kier alpha value is -1.62. The average Bonchev–Trinajstić information content (AvgIpc) is 2.97. The Morgan fingerprint density at radius 1 is 1.50 bits per heavy atom. The Labute approximate surface area is 93.4 Å². The number of nitrogens with zero attached hydrogens (tertiary/aromatic N) is 3. The maximum absolute atomic E-state index is 5.34. The minimum absolute atomic E-state index is 0.602. The SMILES string of the molecule is c1cn2nccc2c(NCC2CCOC2)n1. The van der Waals surface area contributed by atoms with Crippen LogP contribution in [-0.2, 0) is 4.74 Å². The van der Waals surface area contributed by atoms with E-state index in [1.165, 1.54) is 0 Å². The first-order valence-corrected chi connectivity index (χ1v) is 5.53. The summed E-state index contributed by atoms with van der Waals surface area (Å²) in [5, 5.41) is 7.53. The summed E-state index contributed by atoms with van der Waals surface area (Å²) in [6, 6.07) is 1.96. The summed E-state index contributed by atoms with van der Waals surface area (Å²) in [5.41, 5.74) is 1.02. The van der Waals surface area contributed by atoms with E-state index < -0.39 is 0 Å². The Bertz CT molecular complexity index is 476. The molecule has 1 N–H and O–H groups in total. The molecule has 0 aromatic carbocycles. The molecule has 84 valence electrons. The highest BCUT2D eigenvalue weighted by Gasteiger charge is 2.15. The summed E-state index contributed by atoms with van der Waals surface area (Å²) < 4.78 is 7.16. The van der Waals surface area contributed by atoms with Crippen LogP contribution in [0.15, 0.2) is 24.7 Å². The molecule has 2 aromatic heterocycles. The van der Waals surface area contributed by atoms with Gasteiger partial charge in [0.05, 0.1) is 12.8 Å². The highest BCUT2D eigenvalue weighted by Crippen LogP contribution is 2.16. The lowest BCUT2D eigenvalue weighted by atomic mass is 10.1. The predicted molar refractivity (Wildman–Crippen MR) is 60.4 cm³/mol. The number of nitrogens with one attached hydrogen (secondary N) is 1. The number of aromatic nitrogens is 3. The van der Waals surface area contributed by atoms with E-state index in [1.54, 1.807) is 12.4 Å². The minimum atomic E-state index is 0.602. The van der Waals surface area contributed by atoms with E-state index >= 15 is 0 Å². The lowest BCUT2D eigenvalue weighted by Gasteiger charge is -2.10. The van der Waals surface area contributed by atoms with Gasteiger partial charge in [0.25, 0.3) is 0 Å². The lowest BCUT2D eigenvalue weighted by molar-refractivity contribution is 0.187. The van der Waals surface area contributed by atoms with E-state index in [2.05, 4.69) is 15.4 Å². The quantitative estimate of drug-likeness (QED) is 0.840. The molecule has 16 heavy (non-hydrogen) atoms. The van der Waals surface area contributed by atoms with Gasteiger partial charge < -0.3 is 10.1 Å². The number of ether oxygens (including phenoxy) is 1. The van der Waals surface area contributed by atoms with E-state index in [1.807, 2.05) is 16.8 Å². The van der Waals surface area contributed by atoms with E-state index in [9.17, 15) is 0 Å². The largest absolute Gasteiger partial charge is 0.381 e. The van der Waals surface area contributed by atoms with Crippen molar-refractivity contribution in [3.05, 3.63) is 24.7 Å². The summed E-state index contributed by atoms with van der Waals surface area (Å²) in [5.74, 6) is 1.50. The molecular formula is C11H14N4O. The van der Waals surface area contributed by atoms with Gasteiger partial charge in [0.2, 0.25) is 0 Å². The first kappa shape index (κ1) is 9.59. The van der Waals surface area contributed by atoms with Crippen molar-refractivity contribution in [2.75, 3.05) is 25.1 Å². The number of rotatable bonds is 3. The molecule has 0 saturated carbocycles. The van der Waals surface area contributed by atoms with Gasteiger partial charge in [-0.1, -0.05) is 0 Å². The van der Waals surface area contributed by atoms with Crippen molar-refractivity contribution in [3.63, 3.8) is 0 Å². The van der Waals surface area contributed by atoms with Gasteiger partial charge in [-0.15, -0.1) is 0 Å². The molecular weight excluding hydrogens is 204 g/mol. The zero-order valence-corrected chi connectivity index (χ0v) is 8.97. The fraction of sp³-hybridized carbons (Fsp3) is 0.455. The van der Waals surface area contributed by atoms with Crippen molar-refractivity contribution in [2.24, 2.45) is 5.92 Å². The number of hydrogen-bond donors (Lipinski definition) is 1. The van der Waals surface area contributed by atoms with Crippen LogP contribution in [0.5, 0.6) is 0 Å². The van der Waals surface area contributed by atoms with Crippen LogP contribution in [0.3, 0.4) is 0 Å². The molecule has 5 nitrogen and oxygen atoms in total. The predicted octanol–water partition coefficient (Wildman–Crippen LogP) is 1.18. The van der Waals surface area contributed by atoms with E-state index in [4.69, 9.17) is 4.74 Å². The van der Waals surface area contributed by atoms with Gasteiger partial charge in [0.15, 0.2) is 5.82 Å². The molecule has 5 heteroatoms. The van der Waals surface area contributed by atoms with Crippen LogP contribution >= 0.6 is 0 Å². The summed E-state index contributed by atoms with van der Waals surface area (Å²) in [6.45, 7) is 2.66. The van der Waals surface area contributed by atoms with Gasteiger partial charge in [-0.05, 0) is 12.5 Å². The van der Waals surface area contributed by atoms with Crippen LogP contribution in [-0.4, -0.2) is 34.4 Å². The van der Waals surface area contributed by atoms with Gasteiger partial charge in [0, 0.05) is 31.5 Å². The lowest BCUT2D eigenvalue weighted by Crippen LogP contribution is -2.15. The summed E-state index contributed by atoms with van der Waals surface area (Å²) >= 11 is 0. The average molecular weight is 218 g/mol. The summed E-state index contributed by atoms with van der Waals surface area (Å²) in [4.78, 5) is 4.33. The third-order valence-corrected chi connectivity index (χ3v) is 2.91. The number of hydrogen-bond acceptors (Lipinski definition) is 4. The fourth-order valence-corrected chi connectivity index (χ4v) is 1.98. The molecule has 1 saturated heterocycles. The smallest absolute Gasteiger partial charge is 0.152 e. The van der Waals surface area contributed by atoms with Crippen LogP contribution < -0.4 is 5.32 Å². The third-order valence-electron chi connectivity index (χ3n) is 2.91. The van der Waals surface area contributed by atoms with E-state index in [0.717, 1.165) is 37.5 Å². The molecule has 3 heterocycles. The maximum atomic E-state index is 5.34. The topological polar surface area (TPSA) is 51.5 Å².